The van der Waals surface area contributed by atoms with Crippen LogP contribution in [0.5, 0.6) is 11.5 Å². The average molecular weight is 278 g/mol. The fourth-order valence-electron chi connectivity index (χ4n) is 1.72. The number of aromatic hydroxyl groups is 1. The second kappa shape index (κ2) is 5.95. The van der Waals surface area contributed by atoms with Crippen LogP contribution in [0.1, 0.15) is 24.1 Å². The molecule has 0 heterocycles. The molecule has 19 heavy (non-hydrogen) atoms. The number of hydrogen-bond donors (Lipinski definition) is 2. The van der Waals surface area contributed by atoms with Gasteiger partial charge in [0, 0.05) is 6.04 Å². The molecule has 0 aliphatic heterocycles. The molecule has 0 amide bonds. The fraction of sp³-hybridized carbons (Fsp3) is 0.200. The zero-order valence-electron chi connectivity index (χ0n) is 10.6. The Morgan fingerprint density at radius 3 is 2.68 bits per heavy atom. The topological polar surface area (TPSA) is 55.5 Å². The van der Waals surface area contributed by atoms with Gasteiger partial charge in [-0.15, -0.1) is 0 Å². The number of rotatable bonds is 4. The Morgan fingerprint density at radius 2 is 2.05 bits per heavy atom. The summed E-state index contributed by atoms with van der Waals surface area (Å²) < 4.78 is 5.63. The van der Waals surface area contributed by atoms with Crippen molar-refractivity contribution >= 4 is 11.6 Å². The van der Waals surface area contributed by atoms with E-state index >= 15 is 0 Å². The molecule has 0 saturated heterocycles. The lowest BCUT2D eigenvalue weighted by molar-refractivity contribution is 0.305. The molecule has 2 aromatic rings. The molecule has 0 fully saturated rings. The lowest BCUT2D eigenvalue weighted by Gasteiger charge is -2.11. The van der Waals surface area contributed by atoms with E-state index in [-0.39, 0.29) is 11.8 Å². The molecule has 1 unspecified atom stereocenters. The van der Waals surface area contributed by atoms with Crippen LogP contribution < -0.4 is 10.5 Å². The lowest BCUT2D eigenvalue weighted by Crippen LogP contribution is -2.05. The van der Waals surface area contributed by atoms with Crippen molar-refractivity contribution in [2.24, 2.45) is 5.73 Å². The van der Waals surface area contributed by atoms with Crippen LogP contribution in [0.2, 0.25) is 5.02 Å². The fourth-order valence-corrected chi connectivity index (χ4v) is 1.97. The highest BCUT2D eigenvalue weighted by atomic mass is 35.5. The van der Waals surface area contributed by atoms with Crippen molar-refractivity contribution < 1.29 is 9.84 Å². The lowest BCUT2D eigenvalue weighted by atomic mass is 10.1. The van der Waals surface area contributed by atoms with E-state index < -0.39 is 0 Å². The molecular formula is C15H16ClNO2. The maximum Gasteiger partial charge on any atom is 0.138 e. The minimum atomic E-state index is -0.0578. The maximum atomic E-state index is 9.37. The van der Waals surface area contributed by atoms with E-state index in [0.717, 1.165) is 11.1 Å². The molecule has 2 aromatic carbocycles. The molecule has 4 heteroatoms. The largest absolute Gasteiger partial charge is 0.508 e. The van der Waals surface area contributed by atoms with Gasteiger partial charge in [-0.3, -0.25) is 0 Å². The molecule has 0 radical (unpaired) electrons. The predicted octanol–water partition coefficient (Wildman–Crippen LogP) is 3.64. The summed E-state index contributed by atoms with van der Waals surface area (Å²) in [5.74, 6) is 0.828. The summed E-state index contributed by atoms with van der Waals surface area (Å²) in [4.78, 5) is 0. The summed E-state index contributed by atoms with van der Waals surface area (Å²) in [5.41, 5.74) is 7.64. The van der Waals surface area contributed by atoms with Crippen LogP contribution in [-0.4, -0.2) is 5.11 Å². The first-order valence-corrected chi connectivity index (χ1v) is 6.40. The third-order valence-electron chi connectivity index (χ3n) is 2.79. The highest BCUT2D eigenvalue weighted by molar-refractivity contribution is 6.32. The molecule has 0 aliphatic carbocycles. The van der Waals surface area contributed by atoms with Gasteiger partial charge in [-0.25, -0.2) is 0 Å². The Hall–Kier alpha value is -1.71. The summed E-state index contributed by atoms with van der Waals surface area (Å²) in [6, 6.07) is 12.4. The van der Waals surface area contributed by atoms with E-state index in [1.807, 2.05) is 31.2 Å². The molecule has 1 atom stereocenters. The zero-order chi connectivity index (χ0) is 13.8. The van der Waals surface area contributed by atoms with Gasteiger partial charge in [-0.2, -0.15) is 0 Å². The van der Waals surface area contributed by atoms with Crippen LogP contribution in [0.4, 0.5) is 0 Å². The predicted molar refractivity (Wildman–Crippen MR) is 76.5 cm³/mol. The van der Waals surface area contributed by atoms with E-state index in [1.54, 1.807) is 18.2 Å². The molecule has 0 spiro atoms. The Labute approximate surface area is 117 Å². The normalized spacial score (nSPS) is 12.2. The van der Waals surface area contributed by atoms with Gasteiger partial charge in [0.1, 0.15) is 18.1 Å². The van der Waals surface area contributed by atoms with E-state index in [2.05, 4.69) is 0 Å². The minimum Gasteiger partial charge on any atom is -0.508 e. The van der Waals surface area contributed by atoms with Gasteiger partial charge in [-0.1, -0.05) is 29.8 Å². The van der Waals surface area contributed by atoms with Crippen LogP contribution in [0.15, 0.2) is 42.5 Å². The van der Waals surface area contributed by atoms with Crippen molar-refractivity contribution in [1.29, 1.82) is 0 Å². The van der Waals surface area contributed by atoms with Crippen molar-refractivity contribution in [3.05, 3.63) is 58.6 Å². The highest BCUT2D eigenvalue weighted by Gasteiger charge is 2.06. The Balaban J connectivity index is 2.07. The van der Waals surface area contributed by atoms with Gasteiger partial charge in [0.2, 0.25) is 0 Å². The Morgan fingerprint density at radius 1 is 1.26 bits per heavy atom. The van der Waals surface area contributed by atoms with Crippen molar-refractivity contribution in [1.82, 2.24) is 0 Å². The molecule has 0 saturated carbocycles. The first kappa shape index (κ1) is 13.7. The summed E-state index contributed by atoms with van der Waals surface area (Å²) in [6.07, 6.45) is 0. The minimum absolute atomic E-state index is 0.0578. The monoisotopic (exact) mass is 277 g/mol. The number of ether oxygens (including phenoxy) is 1. The summed E-state index contributed by atoms with van der Waals surface area (Å²) in [5, 5.41) is 9.90. The first-order chi connectivity index (χ1) is 9.06. The molecule has 0 aliphatic rings. The molecule has 0 aromatic heterocycles. The van der Waals surface area contributed by atoms with E-state index in [0.29, 0.717) is 17.4 Å². The number of halogens is 1. The second-order valence-corrected chi connectivity index (χ2v) is 4.84. The van der Waals surface area contributed by atoms with E-state index in [1.165, 1.54) is 0 Å². The number of benzene rings is 2. The maximum absolute atomic E-state index is 9.37. The quantitative estimate of drug-likeness (QED) is 0.897. The van der Waals surface area contributed by atoms with Gasteiger partial charge in [0.15, 0.2) is 0 Å². The number of nitrogens with two attached hydrogens (primary N) is 1. The Bertz CT molecular complexity index is 570. The van der Waals surface area contributed by atoms with Gasteiger partial charge in [0.25, 0.3) is 0 Å². The van der Waals surface area contributed by atoms with Gasteiger partial charge < -0.3 is 15.6 Å². The standard InChI is InChI=1S/C15H16ClNO2/c1-10(17)12-5-6-15(14(16)8-12)19-9-11-3-2-4-13(18)7-11/h2-8,10,18H,9,17H2,1H3. The van der Waals surface area contributed by atoms with Crippen LogP contribution in [-0.2, 0) is 6.61 Å². The molecular weight excluding hydrogens is 262 g/mol. The van der Waals surface area contributed by atoms with Gasteiger partial charge >= 0.3 is 0 Å². The zero-order valence-corrected chi connectivity index (χ0v) is 11.4. The van der Waals surface area contributed by atoms with Crippen molar-refractivity contribution in [2.45, 2.75) is 19.6 Å². The van der Waals surface area contributed by atoms with Gasteiger partial charge in [-0.05, 0) is 42.3 Å². The smallest absolute Gasteiger partial charge is 0.138 e. The first-order valence-electron chi connectivity index (χ1n) is 6.02. The molecule has 2 rings (SSSR count). The van der Waals surface area contributed by atoms with Crippen molar-refractivity contribution in [3.8, 4) is 11.5 Å². The van der Waals surface area contributed by atoms with Crippen LogP contribution in [0.25, 0.3) is 0 Å². The third-order valence-corrected chi connectivity index (χ3v) is 3.08. The number of hydrogen-bond acceptors (Lipinski definition) is 3. The SMILES string of the molecule is CC(N)c1ccc(OCc2cccc(O)c2)c(Cl)c1. The summed E-state index contributed by atoms with van der Waals surface area (Å²) in [6.45, 7) is 2.25. The number of phenolic OH excluding ortho intramolecular Hbond substituents is 1. The van der Waals surface area contributed by atoms with Crippen molar-refractivity contribution in [3.63, 3.8) is 0 Å². The van der Waals surface area contributed by atoms with Crippen LogP contribution in [0.3, 0.4) is 0 Å². The van der Waals surface area contributed by atoms with Crippen molar-refractivity contribution in [2.75, 3.05) is 0 Å². The number of phenols is 1. The third kappa shape index (κ3) is 3.63. The highest BCUT2D eigenvalue weighted by Crippen LogP contribution is 2.28. The van der Waals surface area contributed by atoms with Crippen LogP contribution in [0, 0.1) is 0 Å². The van der Waals surface area contributed by atoms with E-state index in [9.17, 15) is 5.11 Å². The second-order valence-electron chi connectivity index (χ2n) is 4.44. The van der Waals surface area contributed by atoms with Crippen LogP contribution >= 0.6 is 11.6 Å². The molecule has 3 nitrogen and oxygen atoms in total. The summed E-state index contributed by atoms with van der Waals surface area (Å²) in [7, 11) is 0. The summed E-state index contributed by atoms with van der Waals surface area (Å²) >= 11 is 6.14. The van der Waals surface area contributed by atoms with Gasteiger partial charge in [0.05, 0.1) is 5.02 Å². The van der Waals surface area contributed by atoms with E-state index in [4.69, 9.17) is 22.1 Å². The molecule has 100 valence electrons. The molecule has 3 N–H and O–H groups in total. The molecule has 0 bridgehead atoms. The average Bonchev–Trinajstić information content (AvgIpc) is 2.37. The Kier molecular flexibility index (Phi) is 4.30.